The molecule has 0 saturated carbocycles. The second kappa shape index (κ2) is 9.00. The Morgan fingerprint density at radius 3 is 1.91 bits per heavy atom. The Bertz CT molecular complexity index is 1470. The van der Waals surface area contributed by atoms with Crippen LogP contribution in [0.4, 0.5) is 0 Å². The zero-order valence-electron chi connectivity index (χ0n) is 18.1. The number of hydrogen-bond donors (Lipinski definition) is 2. The first kappa shape index (κ1) is 21.1. The van der Waals surface area contributed by atoms with Gasteiger partial charge >= 0.3 is 5.97 Å². The molecule has 0 atom stereocenters. The van der Waals surface area contributed by atoms with Gasteiger partial charge in [-0.15, -0.1) is 0 Å². The number of benzene rings is 4. The summed E-state index contributed by atoms with van der Waals surface area (Å²) in [6, 6.07) is 33.1. The highest BCUT2D eigenvalue weighted by Gasteiger charge is 2.17. The van der Waals surface area contributed by atoms with Crippen LogP contribution in [-0.2, 0) is 0 Å². The van der Waals surface area contributed by atoms with Crippen molar-refractivity contribution in [2.75, 3.05) is 0 Å². The largest absolute Gasteiger partial charge is 0.478 e. The Morgan fingerprint density at radius 2 is 1.24 bits per heavy atom. The number of aromatic nitrogens is 2. The monoisotopic (exact) mass is 444 g/mol. The number of nitrogens with zero attached hydrogens (tertiary/aromatic N) is 1. The number of rotatable bonds is 6. The number of carboxylic acids is 1. The van der Waals surface area contributed by atoms with Gasteiger partial charge in [0.2, 0.25) is 0 Å². The van der Waals surface area contributed by atoms with Gasteiger partial charge in [-0.25, -0.2) is 9.78 Å². The quantitative estimate of drug-likeness (QED) is 0.299. The second-order valence-corrected chi connectivity index (χ2v) is 7.83. The number of H-pyrrole nitrogens is 1. The predicted molar refractivity (Wildman–Crippen MR) is 132 cm³/mol. The molecule has 0 aliphatic rings. The van der Waals surface area contributed by atoms with Crippen molar-refractivity contribution in [1.82, 2.24) is 9.97 Å². The number of carbonyl (C=O) groups is 2. The van der Waals surface area contributed by atoms with Crippen LogP contribution in [0, 0.1) is 0 Å². The van der Waals surface area contributed by atoms with Crippen LogP contribution < -0.4 is 0 Å². The van der Waals surface area contributed by atoms with Gasteiger partial charge in [0.1, 0.15) is 5.82 Å². The highest BCUT2D eigenvalue weighted by atomic mass is 16.4. The number of hydrogen-bond acceptors (Lipinski definition) is 3. The van der Waals surface area contributed by atoms with Crippen LogP contribution in [-0.4, -0.2) is 26.8 Å². The molecular weight excluding hydrogens is 424 g/mol. The summed E-state index contributed by atoms with van der Waals surface area (Å²) < 4.78 is 0. The third kappa shape index (κ3) is 4.14. The minimum absolute atomic E-state index is 0.0521. The number of carbonyl (C=O) groups excluding carboxylic acids is 1. The first-order chi connectivity index (χ1) is 16.6. The van der Waals surface area contributed by atoms with E-state index in [1.807, 2.05) is 66.7 Å². The van der Waals surface area contributed by atoms with Crippen LogP contribution in [0.1, 0.15) is 26.3 Å². The molecule has 0 aliphatic heterocycles. The summed E-state index contributed by atoms with van der Waals surface area (Å²) in [5.74, 6) is -0.411. The molecule has 164 valence electrons. The first-order valence-electron chi connectivity index (χ1n) is 10.8. The smallest absolute Gasteiger partial charge is 0.335 e. The van der Waals surface area contributed by atoms with Crippen molar-refractivity contribution >= 4 is 11.8 Å². The number of imidazole rings is 1. The van der Waals surface area contributed by atoms with Crippen LogP contribution in [0.3, 0.4) is 0 Å². The van der Waals surface area contributed by atoms with E-state index < -0.39 is 5.97 Å². The highest BCUT2D eigenvalue weighted by Crippen LogP contribution is 2.33. The number of aromatic carboxylic acids is 1. The Balaban J connectivity index is 1.61. The molecule has 1 heterocycles. The lowest BCUT2D eigenvalue weighted by Gasteiger charge is -2.06. The third-order valence-electron chi connectivity index (χ3n) is 5.61. The van der Waals surface area contributed by atoms with Crippen molar-refractivity contribution in [3.05, 3.63) is 126 Å². The molecule has 34 heavy (non-hydrogen) atoms. The molecule has 0 saturated heterocycles. The summed E-state index contributed by atoms with van der Waals surface area (Å²) >= 11 is 0. The van der Waals surface area contributed by atoms with Crippen molar-refractivity contribution in [2.24, 2.45) is 0 Å². The number of carboxylic acid groups (broad SMARTS) is 1. The number of nitrogens with one attached hydrogen (secondary N) is 1. The Morgan fingerprint density at radius 1 is 0.618 bits per heavy atom. The zero-order valence-corrected chi connectivity index (χ0v) is 18.1. The molecule has 5 nitrogen and oxygen atoms in total. The standard InChI is InChI=1S/C29H20N2O3/c32-27(20-10-5-2-6-11-20)24-13-7-12-23(18-24)26-25(19-8-3-1-4-9-19)30-28(31-26)21-14-16-22(17-15-21)29(33)34/h1-18H,(H,30,31)(H,33,34). The van der Waals surface area contributed by atoms with Crippen LogP contribution in [0.2, 0.25) is 0 Å². The van der Waals surface area contributed by atoms with E-state index >= 15 is 0 Å². The molecule has 5 aromatic rings. The summed E-state index contributed by atoms with van der Waals surface area (Å²) in [7, 11) is 0. The third-order valence-corrected chi connectivity index (χ3v) is 5.61. The van der Waals surface area contributed by atoms with Crippen LogP contribution in [0.5, 0.6) is 0 Å². The maximum Gasteiger partial charge on any atom is 0.335 e. The summed E-state index contributed by atoms with van der Waals surface area (Å²) in [5, 5.41) is 9.19. The molecule has 5 heteroatoms. The van der Waals surface area contributed by atoms with Crippen molar-refractivity contribution in [3.8, 4) is 33.9 Å². The second-order valence-electron chi connectivity index (χ2n) is 7.83. The zero-order chi connectivity index (χ0) is 23.5. The molecule has 0 aliphatic carbocycles. The highest BCUT2D eigenvalue weighted by molar-refractivity contribution is 6.09. The van der Waals surface area contributed by atoms with Gasteiger partial charge in [-0.1, -0.05) is 91.0 Å². The molecule has 0 radical (unpaired) electrons. The summed E-state index contributed by atoms with van der Waals surface area (Å²) in [6.45, 7) is 0. The SMILES string of the molecule is O=C(O)c1ccc(-c2nc(-c3cccc(C(=O)c4ccccc4)c3)c(-c3ccccc3)[nH]2)cc1. The minimum Gasteiger partial charge on any atom is -0.478 e. The van der Waals surface area contributed by atoms with Gasteiger partial charge in [0.15, 0.2) is 5.78 Å². The van der Waals surface area contributed by atoms with E-state index in [2.05, 4.69) is 4.98 Å². The van der Waals surface area contributed by atoms with Gasteiger partial charge in [-0.2, -0.15) is 0 Å². The predicted octanol–water partition coefficient (Wildman–Crippen LogP) is 6.34. The molecule has 4 aromatic carbocycles. The fourth-order valence-electron chi connectivity index (χ4n) is 3.87. The average molecular weight is 444 g/mol. The normalized spacial score (nSPS) is 10.7. The fourth-order valence-corrected chi connectivity index (χ4v) is 3.87. The van der Waals surface area contributed by atoms with Gasteiger partial charge in [0.05, 0.1) is 17.0 Å². The van der Waals surface area contributed by atoms with E-state index in [9.17, 15) is 14.7 Å². The number of ketones is 1. The van der Waals surface area contributed by atoms with E-state index in [4.69, 9.17) is 4.98 Å². The average Bonchev–Trinajstić information content (AvgIpc) is 3.35. The van der Waals surface area contributed by atoms with Gasteiger partial charge in [-0.3, -0.25) is 4.79 Å². The van der Waals surface area contributed by atoms with E-state index in [1.54, 1.807) is 42.5 Å². The topological polar surface area (TPSA) is 83.0 Å². The van der Waals surface area contributed by atoms with Gasteiger partial charge in [0.25, 0.3) is 0 Å². The fraction of sp³-hybridized carbons (Fsp3) is 0. The first-order valence-corrected chi connectivity index (χ1v) is 10.8. The summed E-state index contributed by atoms with van der Waals surface area (Å²) in [6.07, 6.45) is 0. The van der Waals surface area contributed by atoms with Crippen molar-refractivity contribution in [3.63, 3.8) is 0 Å². The lowest BCUT2D eigenvalue weighted by atomic mass is 9.99. The summed E-state index contributed by atoms with van der Waals surface area (Å²) in [4.78, 5) is 32.5. The molecule has 0 unspecified atom stereocenters. The van der Waals surface area contributed by atoms with Crippen LogP contribution in [0.25, 0.3) is 33.9 Å². The van der Waals surface area contributed by atoms with Crippen molar-refractivity contribution in [1.29, 1.82) is 0 Å². The van der Waals surface area contributed by atoms with Crippen LogP contribution in [0.15, 0.2) is 109 Å². The van der Waals surface area contributed by atoms with E-state index in [0.29, 0.717) is 22.6 Å². The lowest BCUT2D eigenvalue weighted by molar-refractivity contribution is 0.0696. The molecule has 5 rings (SSSR count). The van der Waals surface area contributed by atoms with Crippen LogP contribution >= 0.6 is 0 Å². The Hall–Kier alpha value is -4.77. The lowest BCUT2D eigenvalue weighted by Crippen LogP contribution is -2.01. The van der Waals surface area contributed by atoms with E-state index in [1.165, 1.54) is 0 Å². The molecular formula is C29H20N2O3. The molecule has 0 spiro atoms. The minimum atomic E-state index is -0.975. The van der Waals surface area contributed by atoms with E-state index in [0.717, 1.165) is 22.4 Å². The van der Waals surface area contributed by atoms with E-state index in [-0.39, 0.29) is 11.3 Å². The molecule has 1 aromatic heterocycles. The maximum absolute atomic E-state index is 13.0. The summed E-state index contributed by atoms with van der Waals surface area (Å²) in [5.41, 5.74) is 5.50. The Kier molecular flexibility index (Phi) is 5.58. The van der Waals surface area contributed by atoms with Gasteiger partial charge in [0, 0.05) is 27.8 Å². The molecule has 0 bridgehead atoms. The van der Waals surface area contributed by atoms with Crippen molar-refractivity contribution < 1.29 is 14.7 Å². The molecule has 0 fully saturated rings. The number of aromatic amines is 1. The molecule has 0 amide bonds. The van der Waals surface area contributed by atoms with Gasteiger partial charge < -0.3 is 10.1 Å². The molecule has 2 N–H and O–H groups in total. The van der Waals surface area contributed by atoms with Crippen molar-refractivity contribution in [2.45, 2.75) is 0 Å². The van der Waals surface area contributed by atoms with Gasteiger partial charge in [-0.05, 0) is 18.2 Å². The Labute approximate surface area is 196 Å². The maximum atomic E-state index is 13.0.